The van der Waals surface area contributed by atoms with Crippen LogP contribution in [-0.2, 0) is 6.54 Å². The summed E-state index contributed by atoms with van der Waals surface area (Å²) in [5, 5.41) is 4.13. The van der Waals surface area contributed by atoms with E-state index in [1.807, 2.05) is 69.8 Å². The highest BCUT2D eigenvalue weighted by Crippen LogP contribution is 2.33. The first-order valence-corrected chi connectivity index (χ1v) is 10.1. The van der Waals surface area contributed by atoms with Crippen molar-refractivity contribution in [3.8, 4) is 5.75 Å². The lowest BCUT2D eigenvalue weighted by atomic mass is 10.0. The Labute approximate surface area is 169 Å². The molecule has 2 heterocycles. The molecule has 0 saturated carbocycles. The number of nitrogens with zero attached hydrogens (tertiary/aromatic N) is 2. The maximum Gasteiger partial charge on any atom is 0.325 e. The molecule has 1 atom stereocenters. The van der Waals surface area contributed by atoms with Crippen LogP contribution in [0.25, 0.3) is 5.57 Å². The van der Waals surface area contributed by atoms with E-state index < -0.39 is 0 Å². The van der Waals surface area contributed by atoms with Gasteiger partial charge in [0, 0.05) is 18.8 Å². The third-order valence-corrected chi connectivity index (χ3v) is 5.73. The molecule has 0 bridgehead atoms. The number of benzene rings is 2. The first-order chi connectivity index (χ1) is 13.7. The summed E-state index contributed by atoms with van der Waals surface area (Å²) in [5.41, 5.74) is 4.03. The number of carbonyl (C=O) groups excluding carboxylic acids is 1. The van der Waals surface area contributed by atoms with Crippen LogP contribution < -0.4 is 9.64 Å². The van der Waals surface area contributed by atoms with Gasteiger partial charge in [0.25, 0.3) is 0 Å². The topological polar surface area (TPSA) is 32.8 Å². The van der Waals surface area contributed by atoms with Crippen molar-refractivity contribution in [2.24, 2.45) is 0 Å². The molecule has 0 N–H and O–H groups in total. The van der Waals surface area contributed by atoms with Gasteiger partial charge in [0.05, 0.1) is 13.2 Å². The van der Waals surface area contributed by atoms with Gasteiger partial charge in [0.2, 0.25) is 0 Å². The van der Waals surface area contributed by atoms with Crippen molar-refractivity contribution in [3.63, 3.8) is 0 Å². The number of hydrogen-bond acceptors (Lipinski definition) is 3. The molecule has 2 aromatic carbocycles. The van der Waals surface area contributed by atoms with Crippen molar-refractivity contribution in [2.75, 3.05) is 18.6 Å². The van der Waals surface area contributed by atoms with Gasteiger partial charge < -0.3 is 9.64 Å². The molecule has 0 spiro atoms. The van der Waals surface area contributed by atoms with Gasteiger partial charge in [0.1, 0.15) is 5.75 Å². The molecule has 1 fully saturated rings. The van der Waals surface area contributed by atoms with Gasteiger partial charge in [0.15, 0.2) is 0 Å². The Hall–Kier alpha value is -3.05. The Kier molecular flexibility index (Phi) is 5.17. The monoisotopic (exact) mass is 390 g/mol. The number of anilines is 1. The number of urea groups is 1. The molecule has 1 saturated heterocycles. The van der Waals surface area contributed by atoms with Gasteiger partial charge in [-0.05, 0) is 57.8 Å². The number of carbonyl (C=O) groups is 1. The number of hydrogen-bond donors (Lipinski definition) is 0. The summed E-state index contributed by atoms with van der Waals surface area (Å²) >= 11 is 1.64. The van der Waals surface area contributed by atoms with Crippen LogP contribution in [-0.4, -0.2) is 30.6 Å². The summed E-state index contributed by atoms with van der Waals surface area (Å²) in [6.07, 6.45) is 0. The predicted molar refractivity (Wildman–Crippen MR) is 115 cm³/mol. The lowest BCUT2D eigenvalue weighted by Crippen LogP contribution is -2.35. The summed E-state index contributed by atoms with van der Waals surface area (Å²) < 4.78 is 5.23. The van der Waals surface area contributed by atoms with Crippen LogP contribution >= 0.6 is 11.3 Å². The minimum absolute atomic E-state index is 0.00315. The third-order valence-electron chi connectivity index (χ3n) is 5.04. The van der Waals surface area contributed by atoms with E-state index in [-0.39, 0.29) is 12.1 Å². The molecular formula is C23H22N2O2S. The third kappa shape index (κ3) is 3.53. The maximum absolute atomic E-state index is 13.3. The summed E-state index contributed by atoms with van der Waals surface area (Å²) in [6.45, 7) is 5.48. The molecule has 0 aliphatic carbocycles. The molecule has 1 unspecified atom stereocenters. The average molecular weight is 391 g/mol. The fraction of sp³-hybridized carbons (Fsp3) is 0.174. The molecule has 0 radical (unpaired) electrons. The highest BCUT2D eigenvalue weighted by Gasteiger charge is 2.39. The van der Waals surface area contributed by atoms with Crippen LogP contribution in [0.4, 0.5) is 10.5 Å². The molecule has 28 heavy (non-hydrogen) atoms. The van der Waals surface area contributed by atoms with E-state index in [0.29, 0.717) is 13.1 Å². The summed E-state index contributed by atoms with van der Waals surface area (Å²) in [6, 6.07) is 19.6. The smallest absolute Gasteiger partial charge is 0.325 e. The molecule has 1 aliphatic heterocycles. The molecule has 3 aromatic rings. The number of rotatable bonds is 6. The number of methoxy groups -OCH3 is 1. The van der Waals surface area contributed by atoms with Crippen molar-refractivity contribution in [1.29, 1.82) is 0 Å². The zero-order chi connectivity index (χ0) is 19.5. The number of para-hydroxylation sites is 1. The van der Waals surface area contributed by atoms with Crippen molar-refractivity contribution >= 4 is 28.6 Å². The van der Waals surface area contributed by atoms with Crippen molar-refractivity contribution < 1.29 is 9.53 Å². The quantitative estimate of drug-likeness (QED) is 0.574. The molecule has 1 aromatic heterocycles. The fourth-order valence-electron chi connectivity index (χ4n) is 3.52. The van der Waals surface area contributed by atoms with Crippen LogP contribution in [0.3, 0.4) is 0 Å². The van der Waals surface area contributed by atoms with Crippen molar-refractivity contribution in [2.45, 2.75) is 12.6 Å². The molecule has 4 nitrogen and oxygen atoms in total. The summed E-state index contributed by atoms with van der Waals surface area (Å²) in [4.78, 5) is 17.1. The van der Waals surface area contributed by atoms with Crippen LogP contribution in [0.5, 0.6) is 5.75 Å². The van der Waals surface area contributed by atoms with Crippen LogP contribution in [0.15, 0.2) is 78.0 Å². The molecule has 2 amide bonds. The summed E-state index contributed by atoms with van der Waals surface area (Å²) in [7, 11) is 1.65. The van der Waals surface area contributed by atoms with Crippen LogP contribution in [0.2, 0.25) is 0 Å². The van der Waals surface area contributed by atoms with Crippen molar-refractivity contribution in [3.05, 3.63) is 89.1 Å². The van der Waals surface area contributed by atoms with Gasteiger partial charge in [-0.1, -0.05) is 36.9 Å². The van der Waals surface area contributed by atoms with Gasteiger partial charge in [-0.3, -0.25) is 4.90 Å². The highest BCUT2D eigenvalue weighted by molar-refractivity contribution is 7.08. The van der Waals surface area contributed by atoms with Crippen LogP contribution in [0.1, 0.15) is 11.1 Å². The van der Waals surface area contributed by atoms with E-state index in [1.54, 1.807) is 18.4 Å². The Morgan fingerprint density at radius 3 is 2.54 bits per heavy atom. The number of ether oxygens (including phenoxy) is 1. The Morgan fingerprint density at radius 1 is 1.14 bits per heavy atom. The SMILES string of the molecule is C=C(c1ccsc1)C1CN(Cc2ccc(OC)cc2)C(=O)N1c1ccccc1. The van der Waals surface area contributed by atoms with E-state index in [4.69, 9.17) is 4.74 Å². The van der Waals surface area contributed by atoms with Crippen LogP contribution in [0, 0.1) is 0 Å². The lowest BCUT2D eigenvalue weighted by molar-refractivity contribution is 0.218. The van der Waals surface area contributed by atoms with E-state index in [9.17, 15) is 4.79 Å². The second-order valence-corrected chi connectivity index (χ2v) is 7.55. The summed E-state index contributed by atoms with van der Waals surface area (Å²) in [5.74, 6) is 0.811. The van der Waals surface area contributed by atoms with E-state index in [1.165, 1.54) is 0 Å². The second-order valence-electron chi connectivity index (χ2n) is 6.77. The zero-order valence-corrected chi connectivity index (χ0v) is 16.6. The average Bonchev–Trinajstić information content (AvgIpc) is 3.38. The second kappa shape index (κ2) is 7.90. The largest absolute Gasteiger partial charge is 0.497 e. The normalized spacial score (nSPS) is 16.5. The number of amides is 2. The first-order valence-electron chi connectivity index (χ1n) is 9.15. The van der Waals surface area contributed by atoms with Gasteiger partial charge in [-0.25, -0.2) is 4.79 Å². The Morgan fingerprint density at radius 2 is 1.89 bits per heavy atom. The first kappa shape index (κ1) is 18.3. The standard InChI is InChI=1S/C23H22N2O2S/c1-17(19-12-13-28-16-19)22-15-24(14-18-8-10-21(27-2)11-9-18)23(26)25(22)20-6-4-3-5-7-20/h3-13,16,22H,1,14-15H2,2H3. The Bertz CT molecular complexity index is 952. The zero-order valence-electron chi connectivity index (χ0n) is 15.7. The molecule has 142 valence electrons. The molecule has 5 heteroatoms. The maximum atomic E-state index is 13.3. The van der Waals surface area contributed by atoms with Gasteiger partial charge in [-0.2, -0.15) is 11.3 Å². The van der Waals surface area contributed by atoms with Gasteiger partial charge in [-0.15, -0.1) is 0 Å². The molecule has 1 aliphatic rings. The van der Waals surface area contributed by atoms with Gasteiger partial charge >= 0.3 is 6.03 Å². The minimum Gasteiger partial charge on any atom is -0.497 e. The predicted octanol–water partition coefficient (Wildman–Crippen LogP) is 5.28. The number of thiophene rings is 1. The van der Waals surface area contributed by atoms with E-state index in [0.717, 1.165) is 28.1 Å². The lowest BCUT2D eigenvalue weighted by Gasteiger charge is -2.24. The fourth-order valence-corrected chi connectivity index (χ4v) is 4.20. The highest BCUT2D eigenvalue weighted by atomic mass is 32.1. The minimum atomic E-state index is -0.0947. The van der Waals surface area contributed by atoms with E-state index >= 15 is 0 Å². The van der Waals surface area contributed by atoms with E-state index in [2.05, 4.69) is 18.0 Å². The molecular weight excluding hydrogens is 368 g/mol. The Balaban J connectivity index is 1.62. The molecule has 4 rings (SSSR count). The van der Waals surface area contributed by atoms with Crippen molar-refractivity contribution in [1.82, 2.24) is 4.90 Å².